The van der Waals surface area contributed by atoms with E-state index in [2.05, 4.69) is 5.32 Å². The smallest absolute Gasteiger partial charge is 0.325 e. The Kier molecular flexibility index (Phi) is 4.81. The Hall–Kier alpha value is -3.94. The normalized spacial score (nSPS) is 19.4. The van der Waals surface area contributed by atoms with Gasteiger partial charge < -0.3 is 14.6 Å². The third-order valence-electron chi connectivity index (χ3n) is 6.38. The average molecular weight is 447 g/mol. The predicted molar refractivity (Wildman–Crippen MR) is 118 cm³/mol. The molecule has 1 atom stereocenters. The summed E-state index contributed by atoms with van der Waals surface area (Å²) < 4.78 is 20.8. The summed E-state index contributed by atoms with van der Waals surface area (Å²) in [5, 5.41) is 2.81. The van der Waals surface area contributed by atoms with E-state index in [1.807, 2.05) is 11.5 Å². The van der Waals surface area contributed by atoms with Crippen LogP contribution in [0.2, 0.25) is 0 Å². The maximum absolute atomic E-state index is 13.4. The van der Waals surface area contributed by atoms with Gasteiger partial charge in [-0.15, -0.1) is 0 Å². The van der Waals surface area contributed by atoms with Gasteiger partial charge in [-0.1, -0.05) is 18.2 Å². The number of aromatic nitrogens is 1. The molecule has 168 valence electrons. The summed E-state index contributed by atoms with van der Waals surface area (Å²) in [6, 6.07) is 14.2. The number of nitrogens with zero attached hydrogens (tertiary/aromatic N) is 2. The summed E-state index contributed by atoms with van der Waals surface area (Å²) in [7, 11) is 0. The molecule has 1 spiro atoms. The minimum Gasteiger partial charge on any atom is -0.493 e. The molecule has 2 aliphatic heterocycles. The molecule has 1 saturated heterocycles. The zero-order valence-corrected chi connectivity index (χ0v) is 18.2. The molecule has 0 aliphatic carbocycles. The van der Waals surface area contributed by atoms with Gasteiger partial charge in [-0.2, -0.15) is 0 Å². The minimum atomic E-state index is -1.22. The molecule has 1 N–H and O–H groups in total. The van der Waals surface area contributed by atoms with Crippen LogP contribution in [0.1, 0.15) is 33.7 Å². The van der Waals surface area contributed by atoms with Gasteiger partial charge in [0.25, 0.3) is 5.91 Å². The number of carbonyl (C=O) groups excluding carboxylic acids is 3. The molecule has 2 aliphatic rings. The van der Waals surface area contributed by atoms with Gasteiger partial charge in [0.2, 0.25) is 0 Å². The van der Waals surface area contributed by atoms with Gasteiger partial charge in [0.15, 0.2) is 11.3 Å². The van der Waals surface area contributed by atoms with Crippen molar-refractivity contribution < 1.29 is 23.5 Å². The van der Waals surface area contributed by atoms with Gasteiger partial charge in [0.1, 0.15) is 11.6 Å². The molecule has 3 aromatic rings. The van der Waals surface area contributed by atoms with Gasteiger partial charge >= 0.3 is 6.03 Å². The molecular weight excluding hydrogens is 425 g/mol. The van der Waals surface area contributed by atoms with Crippen molar-refractivity contribution in [3.63, 3.8) is 0 Å². The lowest BCUT2D eigenvalue weighted by molar-refractivity contribution is -0.132. The number of hydrogen-bond acceptors (Lipinski definition) is 4. The lowest BCUT2D eigenvalue weighted by atomic mass is 9.84. The van der Waals surface area contributed by atoms with Crippen LogP contribution in [0.3, 0.4) is 0 Å². The Morgan fingerprint density at radius 2 is 1.85 bits per heavy atom. The number of imide groups is 1. The molecule has 1 aromatic heterocycles. The first-order valence-corrected chi connectivity index (χ1v) is 10.7. The highest BCUT2D eigenvalue weighted by molar-refractivity contribution is 6.12. The lowest BCUT2D eigenvalue weighted by Gasteiger charge is -2.33. The maximum atomic E-state index is 13.4. The molecule has 0 saturated carbocycles. The fourth-order valence-electron chi connectivity index (χ4n) is 4.78. The number of nitrogens with one attached hydrogen (secondary N) is 1. The van der Waals surface area contributed by atoms with E-state index >= 15 is 0 Å². The Morgan fingerprint density at radius 3 is 2.61 bits per heavy atom. The quantitative estimate of drug-likeness (QED) is 0.489. The van der Waals surface area contributed by atoms with E-state index < -0.39 is 17.5 Å². The third-order valence-corrected chi connectivity index (χ3v) is 6.38. The lowest BCUT2D eigenvalue weighted by Crippen LogP contribution is -2.47. The summed E-state index contributed by atoms with van der Waals surface area (Å²) >= 11 is 0. The Bertz CT molecular complexity index is 1300. The number of benzene rings is 2. The van der Waals surface area contributed by atoms with Crippen LogP contribution < -0.4 is 10.1 Å². The summed E-state index contributed by atoms with van der Waals surface area (Å²) in [6.07, 6.45) is 0.290. The van der Waals surface area contributed by atoms with Crippen LogP contribution >= 0.6 is 0 Å². The summed E-state index contributed by atoms with van der Waals surface area (Å²) in [5.74, 6) is -0.602. The standard InChI is InChI=1S/C25H22FN3O4/c1-15-13-19(16(2)29(15)18-9-7-17(26)8-10-18)21(30)14-28-23(31)25(27-24(28)32)11-12-33-22-6-4-3-5-20(22)25/h3-10,13H,11-12,14H2,1-2H3,(H,27,32)/t25-/m1/s1. The van der Waals surface area contributed by atoms with Crippen molar-refractivity contribution in [1.82, 2.24) is 14.8 Å². The first-order valence-electron chi connectivity index (χ1n) is 10.7. The molecule has 0 bridgehead atoms. The van der Waals surface area contributed by atoms with Gasteiger partial charge in [0, 0.05) is 34.6 Å². The molecule has 0 unspecified atom stereocenters. The highest BCUT2D eigenvalue weighted by atomic mass is 19.1. The number of urea groups is 1. The SMILES string of the molecule is Cc1cc(C(=O)CN2C(=O)N[C@@]3(CCOc4ccccc43)C2=O)c(C)n1-c1ccc(F)cc1. The highest BCUT2D eigenvalue weighted by Gasteiger charge is 2.55. The average Bonchev–Trinajstić information content (AvgIpc) is 3.23. The molecule has 3 heterocycles. The zero-order valence-electron chi connectivity index (χ0n) is 18.2. The number of hydrogen-bond donors (Lipinski definition) is 1. The third kappa shape index (κ3) is 3.21. The van der Waals surface area contributed by atoms with Crippen LogP contribution in [0, 0.1) is 19.7 Å². The van der Waals surface area contributed by atoms with Crippen molar-refractivity contribution in [3.8, 4) is 11.4 Å². The van der Waals surface area contributed by atoms with E-state index in [9.17, 15) is 18.8 Å². The molecule has 5 rings (SSSR count). The number of fused-ring (bicyclic) bond motifs is 2. The van der Waals surface area contributed by atoms with Crippen molar-refractivity contribution in [2.45, 2.75) is 25.8 Å². The van der Waals surface area contributed by atoms with Crippen molar-refractivity contribution in [2.75, 3.05) is 13.2 Å². The minimum absolute atomic E-state index is 0.281. The molecule has 3 amide bonds. The van der Waals surface area contributed by atoms with Crippen molar-refractivity contribution in [2.24, 2.45) is 0 Å². The number of ketones is 1. The van der Waals surface area contributed by atoms with Crippen molar-refractivity contribution in [3.05, 3.63) is 82.9 Å². The second-order valence-electron chi connectivity index (χ2n) is 8.34. The fraction of sp³-hybridized carbons (Fsp3) is 0.240. The number of aryl methyl sites for hydroxylation is 1. The first-order chi connectivity index (χ1) is 15.8. The van der Waals surface area contributed by atoms with Crippen LogP contribution in [-0.4, -0.2) is 40.3 Å². The van der Waals surface area contributed by atoms with E-state index in [0.29, 0.717) is 29.0 Å². The zero-order chi connectivity index (χ0) is 23.3. The maximum Gasteiger partial charge on any atom is 0.325 e. The van der Waals surface area contributed by atoms with Gasteiger partial charge in [-0.3, -0.25) is 14.5 Å². The van der Waals surface area contributed by atoms with Crippen LogP contribution in [0.5, 0.6) is 5.75 Å². The van der Waals surface area contributed by atoms with Gasteiger partial charge in [-0.25, -0.2) is 9.18 Å². The number of ether oxygens (including phenoxy) is 1. The van der Waals surface area contributed by atoms with E-state index in [-0.39, 0.29) is 24.8 Å². The fourth-order valence-corrected chi connectivity index (χ4v) is 4.78. The first kappa shape index (κ1) is 20.9. The topological polar surface area (TPSA) is 80.6 Å². The van der Waals surface area contributed by atoms with Gasteiger partial charge in [0.05, 0.1) is 13.2 Å². The van der Waals surface area contributed by atoms with E-state index in [1.54, 1.807) is 49.4 Å². The van der Waals surface area contributed by atoms with E-state index in [4.69, 9.17) is 4.74 Å². The molecule has 7 nitrogen and oxygen atoms in total. The molecular formula is C25H22FN3O4. The number of rotatable bonds is 4. The summed E-state index contributed by atoms with van der Waals surface area (Å²) in [4.78, 5) is 40.4. The number of amides is 3. The van der Waals surface area contributed by atoms with Crippen LogP contribution in [0.25, 0.3) is 5.69 Å². The number of halogens is 1. The largest absolute Gasteiger partial charge is 0.493 e. The summed E-state index contributed by atoms with van der Waals surface area (Å²) in [6.45, 7) is 3.53. The molecule has 8 heteroatoms. The molecule has 33 heavy (non-hydrogen) atoms. The van der Waals surface area contributed by atoms with Crippen LogP contribution in [0.4, 0.5) is 9.18 Å². The Morgan fingerprint density at radius 1 is 1.12 bits per heavy atom. The van der Waals surface area contributed by atoms with Crippen molar-refractivity contribution in [1.29, 1.82) is 0 Å². The molecule has 0 radical (unpaired) electrons. The van der Waals surface area contributed by atoms with Crippen LogP contribution in [-0.2, 0) is 10.3 Å². The Balaban J connectivity index is 1.44. The van der Waals surface area contributed by atoms with Gasteiger partial charge in [-0.05, 0) is 50.2 Å². The van der Waals surface area contributed by atoms with E-state index in [1.165, 1.54) is 12.1 Å². The Labute approximate surface area is 189 Å². The number of carbonyl (C=O) groups is 3. The number of para-hydroxylation sites is 1. The highest BCUT2D eigenvalue weighted by Crippen LogP contribution is 2.41. The number of Topliss-reactive ketones (excluding diaryl/α,β-unsaturated/α-hetero) is 1. The van der Waals surface area contributed by atoms with Crippen LogP contribution in [0.15, 0.2) is 54.6 Å². The second kappa shape index (κ2) is 7.58. The second-order valence-corrected chi connectivity index (χ2v) is 8.34. The monoisotopic (exact) mass is 447 g/mol. The van der Waals surface area contributed by atoms with Crippen molar-refractivity contribution >= 4 is 17.7 Å². The molecule has 2 aromatic carbocycles. The summed E-state index contributed by atoms with van der Waals surface area (Å²) in [5.41, 5.74) is 1.94. The molecule has 1 fully saturated rings. The van der Waals surface area contributed by atoms with E-state index in [0.717, 1.165) is 16.3 Å². The predicted octanol–water partition coefficient (Wildman–Crippen LogP) is 3.65.